The fraction of sp³-hybridized carbons (Fsp3) is 1.00. The van der Waals surface area contributed by atoms with Crippen LogP contribution in [-0.2, 0) is 10.0 Å². The van der Waals surface area contributed by atoms with Gasteiger partial charge in [-0.25, -0.2) is 12.7 Å². The zero-order valence-corrected chi connectivity index (χ0v) is 7.52. The Morgan fingerprint density at radius 1 is 1.27 bits per heavy atom. The number of nitrogens with one attached hydrogen (secondary N) is 1. The molecule has 66 valence electrons. The third-order valence-corrected chi connectivity index (χ3v) is 3.07. The Kier molecular flexibility index (Phi) is 2.86. The highest BCUT2D eigenvalue weighted by molar-refractivity contribution is 7.88. The minimum absolute atomic E-state index is 0.610. The molecule has 1 N–H and O–H groups in total. The second-order valence-electron chi connectivity index (χ2n) is 2.77. The summed E-state index contributed by atoms with van der Waals surface area (Å²) in [6.45, 7) is 2.96. The molecule has 1 fully saturated rings. The Hall–Kier alpha value is -0.130. The second kappa shape index (κ2) is 3.51. The van der Waals surface area contributed by atoms with E-state index in [-0.39, 0.29) is 0 Å². The van der Waals surface area contributed by atoms with Gasteiger partial charge in [0.2, 0.25) is 10.0 Å². The maximum absolute atomic E-state index is 11.0. The van der Waals surface area contributed by atoms with E-state index in [0.717, 1.165) is 19.5 Å². The molecule has 0 saturated carbocycles. The van der Waals surface area contributed by atoms with Crippen LogP contribution in [0.25, 0.3) is 0 Å². The van der Waals surface area contributed by atoms with Crippen LogP contribution in [0, 0.1) is 0 Å². The molecule has 0 aliphatic carbocycles. The SMILES string of the molecule is CS(=O)(=O)N1CCCNCC1. The van der Waals surface area contributed by atoms with Crippen molar-refractivity contribution in [2.24, 2.45) is 0 Å². The summed E-state index contributed by atoms with van der Waals surface area (Å²) in [5.41, 5.74) is 0. The van der Waals surface area contributed by atoms with Gasteiger partial charge < -0.3 is 5.32 Å². The number of hydrogen-bond donors (Lipinski definition) is 1. The van der Waals surface area contributed by atoms with Crippen molar-refractivity contribution >= 4 is 10.0 Å². The first-order valence-corrected chi connectivity index (χ1v) is 5.61. The van der Waals surface area contributed by atoms with E-state index in [2.05, 4.69) is 5.32 Å². The van der Waals surface area contributed by atoms with Crippen LogP contribution in [0.2, 0.25) is 0 Å². The smallest absolute Gasteiger partial charge is 0.211 e. The summed E-state index contributed by atoms with van der Waals surface area (Å²) in [5, 5.41) is 3.14. The van der Waals surface area contributed by atoms with Crippen molar-refractivity contribution in [1.29, 1.82) is 0 Å². The molecule has 11 heavy (non-hydrogen) atoms. The summed E-state index contributed by atoms with van der Waals surface area (Å²) in [6.07, 6.45) is 2.17. The van der Waals surface area contributed by atoms with Crippen LogP contribution in [0.3, 0.4) is 0 Å². The van der Waals surface area contributed by atoms with E-state index >= 15 is 0 Å². The van der Waals surface area contributed by atoms with Gasteiger partial charge in [-0.05, 0) is 13.0 Å². The zero-order valence-electron chi connectivity index (χ0n) is 6.71. The van der Waals surface area contributed by atoms with Crippen molar-refractivity contribution in [3.8, 4) is 0 Å². The lowest BCUT2D eigenvalue weighted by Gasteiger charge is -2.15. The molecule has 0 spiro atoms. The number of rotatable bonds is 1. The molecule has 1 rings (SSSR count). The fourth-order valence-corrected chi connectivity index (χ4v) is 2.04. The van der Waals surface area contributed by atoms with Gasteiger partial charge in [0, 0.05) is 19.6 Å². The van der Waals surface area contributed by atoms with Crippen LogP contribution in [-0.4, -0.2) is 45.2 Å². The predicted molar refractivity (Wildman–Crippen MR) is 43.9 cm³/mol. The van der Waals surface area contributed by atoms with E-state index in [1.165, 1.54) is 10.6 Å². The highest BCUT2D eigenvalue weighted by Gasteiger charge is 2.16. The Morgan fingerprint density at radius 2 is 2.00 bits per heavy atom. The van der Waals surface area contributed by atoms with Crippen LogP contribution in [0.15, 0.2) is 0 Å². The van der Waals surface area contributed by atoms with Crippen LogP contribution in [0.4, 0.5) is 0 Å². The molecule has 0 aromatic heterocycles. The molecule has 0 aromatic carbocycles. The van der Waals surface area contributed by atoms with Crippen molar-refractivity contribution in [2.45, 2.75) is 6.42 Å². The van der Waals surface area contributed by atoms with E-state index in [1.54, 1.807) is 0 Å². The maximum Gasteiger partial charge on any atom is 0.211 e. The average molecular weight is 178 g/mol. The lowest BCUT2D eigenvalue weighted by Crippen LogP contribution is -2.33. The zero-order chi connectivity index (χ0) is 8.32. The number of hydrogen-bond acceptors (Lipinski definition) is 3. The lowest BCUT2D eigenvalue weighted by molar-refractivity contribution is 0.436. The van der Waals surface area contributed by atoms with Crippen molar-refractivity contribution in [2.75, 3.05) is 32.4 Å². The minimum atomic E-state index is -2.96. The van der Waals surface area contributed by atoms with Crippen molar-refractivity contribution in [1.82, 2.24) is 9.62 Å². The highest BCUT2D eigenvalue weighted by Crippen LogP contribution is 2.00. The van der Waals surface area contributed by atoms with Gasteiger partial charge in [-0.3, -0.25) is 0 Å². The van der Waals surface area contributed by atoms with E-state index in [1.807, 2.05) is 0 Å². The van der Waals surface area contributed by atoms with Gasteiger partial charge in [-0.2, -0.15) is 0 Å². The van der Waals surface area contributed by atoms with Gasteiger partial charge in [-0.15, -0.1) is 0 Å². The minimum Gasteiger partial charge on any atom is -0.315 e. The normalized spacial score (nSPS) is 23.0. The average Bonchev–Trinajstić information content (AvgIpc) is 2.10. The molecule has 0 radical (unpaired) electrons. The summed E-state index contributed by atoms with van der Waals surface area (Å²) < 4.78 is 23.6. The quantitative estimate of drug-likeness (QED) is 0.574. The number of sulfonamides is 1. The molecule has 4 nitrogen and oxygen atoms in total. The fourth-order valence-electron chi connectivity index (χ4n) is 1.15. The first kappa shape index (κ1) is 8.96. The third-order valence-electron chi connectivity index (χ3n) is 1.77. The highest BCUT2D eigenvalue weighted by atomic mass is 32.2. The summed E-state index contributed by atoms with van der Waals surface area (Å²) in [6, 6.07) is 0. The topological polar surface area (TPSA) is 49.4 Å². The van der Waals surface area contributed by atoms with Gasteiger partial charge in [0.05, 0.1) is 6.26 Å². The summed E-state index contributed by atoms with van der Waals surface area (Å²) in [7, 11) is -2.96. The predicted octanol–water partition coefficient (Wildman–Crippen LogP) is -0.759. The summed E-state index contributed by atoms with van der Waals surface area (Å²) >= 11 is 0. The van der Waals surface area contributed by atoms with Gasteiger partial charge in [0.1, 0.15) is 0 Å². The Labute approximate surface area is 67.6 Å². The molecule has 1 aliphatic heterocycles. The molecule has 5 heteroatoms. The van der Waals surface area contributed by atoms with Gasteiger partial charge in [0.15, 0.2) is 0 Å². The summed E-state index contributed by atoms with van der Waals surface area (Å²) in [4.78, 5) is 0. The van der Waals surface area contributed by atoms with E-state index in [0.29, 0.717) is 13.1 Å². The Balaban J connectivity index is 2.57. The molecule has 0 unspecified atom stereocenters. The standard InChI is InChI=1S/C6H14N2O2S/c1-11(9,10)8-5-2-3-7-4-6-8/h7H,2-6H2,1H3. The Bertz CT molecular complexity index is 205. The van der Waals surface area contributed by atoms with E-state index < -0.39 is 10.0 Å². The molecular weight excluding hydrogens is 164 g/mol. The van der Waals surface area contributed by atoms with E-state index in [4.69, 9.17) is 0 Å². The van der Waals surface area contributed by atoms with Crippen LogP contribution in [0.5, 0.6) is 0 Å². The van der Waals surface area contributed by atoms with Crippen molar-refractivity contribution in [3.05, 3.63) is 0 Å². The first-order valence-electron chi connectivity index (χ1n) is 3.76. The Morgan fingerprint density at radius 3 is 2.64 bits per heavy atom. The first-order chi connectivity index (χ1) is 5.11. The van der Waals surface area contributed by atoms with Crippen molar-refractivity contribution in [3.63, 3.8) is 0 Å². The molecule has 0 amide bonds. The largest absolute Gasteiger partial charge is 0.315 e. The van der Waals surface area contributed by atoms with Gasteiger partial charge >= 0.3 is 0 Å². The molecule has 1 heterocycles. The number of nitrogens with zero attached hydrogens (tertiary/aromatic N) is 1. The van der Waals surface area contributed by atoms with Gasteiger partial charge in [-0.1, -0.05) is 0 Å². The van der Waals surface area contributed by atoms with Crippen LogP contribution < -0.4 is 5.32 Å². The molecule has 0 bridgehead atoms. The van der Waals surface area contributed by atoms with Crippen LogP contribution in [0.1, 0.15) is 6.42 Å². The van der Waals surface area contributed by atoms with Gasteiger partial charge in [0.25, 0.3) is 0 Å². The molecular formula is C6H14N2O2S. The maximum atomic E-state index is 11.0. The lowest BCUT2D eigenvalue weighted by atomic mass is 10.4. The molecule has 0 atom stereocenters. The third kappa shape index (κ3) is 2.76. The van der Waals surface area contributed by atoms with Crippen LogP contribution >= 0.6 is 0 Å². The molecule has 1 saturated heterocycles. The monoisotopic (exact) mass is 178 g/mol. The summed E-state index contributed by atoms with van der Waals surface area (Å²) in [5.74, 6) is 0. The molecule has 1 aliphatic rings. The second-order valence-corrected chi connectivity index (χ2v) is 4.75. The van der Waals surface area contributed by atoms with Crippen molar-refractivity contribution < 1.29 is 8.42 Å². The van der Waals surface area contributed by atoms with E-state index in [9.17, 15) is 8.42 Å². The molecule has 0 aromatic rings.